The molecule has 0 aromatic heterocycles. The number of piperazine rings is 1. The Balaban J connectivity index is 2.02. The van der Waals surface area contributed by atoms with Crippen molar-refractivity contribution in [2.45, 2.75) is 13.0 Å². The van der Waals surface area contributed by atoms with Crippen LogP contribution in [0.1, 0.15) is 6.92 Å². The molecule has 0 radical (unpaired) electrons. The van der Waals surface area contributed by atoms with E-state index in [0.29, 0.717) is 19.6 Å². The molecule has 5 nitrogen and oxygen atoms in total. The van der Waals surface area contributed by atoms with Crippen LogP contribution in [0.3, 0.4) is 0 Å². The van der Waals surface area contributed by atoms with Crippen molar-refractivity contribution in [3.05, 3.63) is 30.3 Å². The minimum absolute atomic E-state index is 0.0191. The summed E-state index contributed by atoms with van der Waals surface area (Å²) >= 11 is 0. The number of anilines is 1. The Hall–Kier alpha value is -1.88. The lowest BCUT2D eigenvalue weighted by atomic mass is 10.1. The smallest absolute Gasteiger partial charge is 0.243 e. The summed E-state index contributed by atoms with van der Waals surface area (Å²) in [4.78, 5) is 27.4. The Morgan fingerprint density at radius 2 is 1.89 bits per heavy atom. The third kappa shape index (κ3) is 3.32. The molecule has 5 heteroatoms. The second-order valence-electron chi connectivity index (χ2n) is 4.82. The predicted octanol–water partition coefficient (Wildman–Crippen LogP) is 0.788. The van der Waals surface area contributed by atoms with Crippen LogP contribution in [0.5, 0.6) is 0 Å². The van der Waals surface area contributed by atoms with Gasteiger partial charge in [0.1, 0.15) is 6.04 Å². The van der Waals surface area contributed by atoms with E-state index in [1.807, 2.05) is 42.3 Å². The molecule has 1 heterocycles. The standard InChI is InChI=1S/C14H19N3O2/c1-11(18)17-9-8-16(2)13(10-17)14(19)15-12-6-4-3-5-7-12/h3-7,13H,8-10H2,1-2H3,(H,15,19)/t13-/m1/s1. The number of carbonyl (C=O) groups is 2. The molecule has 19 heavy (non-hydrogen) atoms. The van der Waals surface area contributed by atoms with Crippen LogP contribution < -0.4 is 5.32 Å². The number of carbonyl (C=O) groups excluding carboxylic acids is 2. The minimum Gasteiger partial charge on any atom is -0.340 e. The van der Waals surface area contributed by atoms with Gasteiger partial charge in [0.15, 0.2) is 0 Å². The van der Waals surface area contributed by atoms with Gasteiger partial charge in [-0.25, -0.2) is 0 Å². The molecule has 0 unspecified atom stereocenters. The summed E-state index contributed by atoms with van der Waals surface area (Å²) in [6, 6.07) is 9.06. The fourth-order valence-corrected chi connectivity index (χ4v) is 2.19. The van der Waals surface area contributed by atoms with Crippen molar-refractivity contribution < 1.29 is 9.59 Å². The highest BCUT2D eigenvalue weighted by Crippen LogP contribution is 2.12. The maximum Gasteiger partial charge on any atom is 0.243 e. The highest BCUT2D eigenvalue weighted by molar-refractivity contribution is 5.95. The van der Waals surface area contributed by atoms with Gasteiger partial charge < -0.3 is 10.2 Å². The van der Waals surface area contributed by atoms with Crippen LogP contribution in [0.25, 0.3) is 0 Å². The first-order valence-corrected chi connectivity index (χ1v) is 6.39. The Bertz CT molecular complexity index is 461. The monoisotopic (exact) mass is 261 g/mol. The van der Waals surface area contributed by atoms with E-state index in [2.05, 4.69) is 5.32 Å². The van der Waals surface area contributed by atoms with Crippen molar-refractivity contribution in [1.82, 2.24) is 9.80 Å². The van der Waals surface area contributed by atoms with Gasteiger partial charge in [-0.1, -0.05) is 18.2 Å². The molecular formula is C14H19N3O2. The fraction of sp³-hybridized carbons (Fsp3) is 0.429. The highest BCUT2D eigenvalue weighted by Gasteiger charge is 2.30. The summed E-state index contributed by atoms with van der Waals surface area (Å²) in [6.07, 6.45) is 0. The SMILES string of the molecule is CC(=O)N1CCN(C)[C@@H](C(=O)Nc2ccccc2)C1. The first-order chi connectivity index (χ1) is 9.08. The number of hydrogen-bond donors (Lipinski definition) is 1. The van der Waals surface area contributed by atoms with Crippen LogP contribution in [0.15, 0.2) is 30.3 Å². The van der Waals surface area contributed by atoms with Crippen molar-refractivity contribution in [1.29, 1.82) is 0 Å². The number of amides is 2. The van der Waals surface area contributed by atoms with Crippen molar-refractivity contribution in [2.24, 2.45) is 0 Å². The van der Waals surface area contributed by atoms with Gasteiger partial charge in [-0.15, -0.1) is 0 Å². The van der Waals surface area contributed by atoms with Gasteiger partial charge in [0.25, 0.3) is 0 Å². The number of nitrogens with one attached hydrogen (secondary N) is 1. The largest absolute Gasteiger partial charge is 0.340 e. The van der Waals surface area contributed by atoms with Crippen molar-refractivity contribution >= 4 is 17.5 Å². The van der Waals surface area contributed by atoms with Crippen molar-refractivity contribution in [3.63, 3.8) is 0 Å². The van der Waals surface area contributed by atoms with Gasteiger partial charge in [0.2, 0.25) is 11.8 Å². The van der Waals surface area contributed by atoms with Crippen LogP contribution in [0, 0.1) is 0 Å². The van der Waals surface area contributed by atoms with Crippen LogP contribution in [0.4, 0.5) is 5.69 Å². The topological polar surface area (TPSA) is 52.7 Å². The third-order valence-corrected chi connectivity index (χ3v) is 3.44. The maximum absolute atomic E-state index is 12.3. The second kappa shape index (κ2) is 5.84. The molecule has 1 atom stereocenters. The zero-order chi connectivity index (χ0) is 13.8. The van der Waals surface area contributed by atoms with E-state index in [4.69, 9.17) is 0 Å². The Kier molecular flexibility index (Phi) is 4.16. The van der Waals surface area contributed by atoms with E-state index in [9.17, 15) is 9.59 Å². The molecule has 0 saturated carbocycles. The van der Waals surface area contributed by atoms with Gasteiger partial charge in [-0.05, 0) is 19.2 Å². The summed E-state index contributed by atoms with van der Waals surface area (Å²) < 4.78 is 0. The average molecular weight is 261 g/mol. The Morgan fingerprint density at radius 3 is 2.53 bits per heavy atom. The van der Waals surface area contributed by atoms with Gasteiger partial charge in [-0.2, -0.15) is 0 Å². The summed E-state index contributed by atoms with van der Waals surface area (Å²) in [5.74, 6) is -0.0507. The van der Waals surface area contributed by atoms with Gasteiger partial charge in [0.05, 0.1) is 0 Å². The summed E-state index contributed by atoms with van der Waals surface area (Å²) in [6.45, 7) is 3.38. The maximum atomic E-state index is 12.3. The molecule has 0 bridgehead atoms. The number of rotatable bonds is 2. The first-order valence-electron chi connectivity index (χ1n) is 6.39. The van der Waals surface area contributed by atoms with E-state index >= 15 is 0 Å². The second-order valence-corrected chi connectivity index (χ2v) is 4.82. The lowest BCUT2D eigenvalue weighted by Gasteiger charge is -2.38. The lowest BCUT2D eigenvalue weighted by molar-refractivity contribution is -0.134. The zero-order valence-corrected chi connectivity index (χ0v) is 11.3. The summed E-state index contributed by atoms with van der Waals surface area (Å²) in [5.41, 5.74) is 0.779. The van der Waals surface area contributed by atoms with Gasteiger partial charge >= 0.3 is 0 Å². The number of nitrogens with zero attached hydrogens (tertiary/aromatic N) is 2. The molecule has 2 rings (SSSR count). The van der Waals surface area contributed by atoms with E-state index in [0.717, 1.165) is 5.69 Å². The van der Waals surface area contributed by atoms with E-state index in [1.54, 1.807) is 4.90 Å². The number of para-hydroxylation sites is 1. The van der Waals surface area contributed by atoms with Crippen molar-refractivity contribution in [3.8, 4) is 0 Å². The van der Waals surface area contributed by atoms with Crippen molar-refractivity contribution in [2.75, 3.05) is 32.0 Å². The lowest BCUT2D eigenvalue weighted by Crippen LogP contribution is -2.57. The highest BCUT2D eigenvalue weighted by atomic mass is 16.2. The first kappa shape index (κ1) is 13.5. The molecule has 2 amide bonds. The molecule has 1 aromatic rings. The van der Waals surface area contributed by atoms with Crippen LogP contribution in [-0.4, -0.2) is 54.3 Å². The molecule has 1 saturated heterocycles. The van der Waals surface area contributed by atoms with Gasteiger partial charge in [0, 0.05) is 32.2 Å². The Labute approximate surface area is 113 Å². The normalized spacial score (nSPS) is 20.1. The molecule has 102 valence electrons. The average Bonchev–Trinajstić information content (AvgIpc) is 2.40. The molecule has 1 N–H and O–H groups in total. The zero-order valence-electron chi connectivity index (χ0n) is 11.3. The van der Waals surface area contributed by atoms with E-state index < -0.39 is 0 Å². The number of likely N-dealkylation sites (N-methyl/N-ethyl adjacent to an activating group) is 1. The molecule has 1 fully saturated rings. The summed E-state index contributed by atoms with van der Waals surface area (Å²) in [7, 11) is 1.91. The molecular weight excluding hydrogens is 242 g/mol. The Morgan fingerprint density at radius 1 is 1.21 bits per heavy atom. The predicted molar refractivity (Wildman–Crippen MR) is 73.7 cm³/mol. The summed E-state index contributed by atoms with van der Waals surface area (Å²) in [5, 5.41) is 2.88. The van der Waals surface area contributed by atoms with Crippen LogP contribution in [0.2, 0.25) is 0 Å². The van der Waals surface area contributed by atoms with E-state index in [1.165, 1.54) is 6.92 Å². The quantitative estimate of drug-likeness (QED) is 0.856. The van der Waals surface area contributed by atoms with Gasteiger partial charge in [-0.3, -0.25) is 14.5 Å². The minimum atomic E-state index is -0.294. The fourth-order valence-electron chi connectivity index (χ4n) is 2.19. The van der Waals surface area contributed by atoms with Crippen LogP contribution in [-0.2, 0) is 9.59 Å². The third-order valence-electron chi connectivity index (χ3n) is 3.44. The molecule has 1 aliphatic rings. The van der Waals surface area contributed by atoms with Crippen LogP contribution >= 0.6 is 0 Å². The number of benzene rings is 1. The molecule has 0 aliphatic carbocycles. The number of hydrogen-bond acceptors (Lipinski definition) is 3. The molecule has 1 aliphatic heterocycles. The molecule has 1 aromatic carbocycles. The molecule has 0 spiro atoms. The van der Waals surface area contributed by atoms with E-state index in [-0.39, 0.29) is 17.9 Å².